The Labute approximate surface area is 195 Å². The summed E-state index contributed by atoms with van der Waals surface area (Å²) in [6.07, 6.45) is 0.392. The van der Waals surface area contributed by atoms with Crippen LogP contribution in [0.15, 0.2) is 47.0 Å². The monoisotopic (exact) mass is 476 g/mol. The SMILES string of the molecule is CCOc1ccc(-c2noc(CCC(=O)N(C)CC(=O)Nc3ccc(Cl)c(Cl)c3)n2)cc1. The Morgan fingerprint density at radius 2 is 1.88 bits per heavy atom. The van der Waals surface area contributed by atoms with Gasteiger partial charge < -0.3 is 19.5 Å². The molecule has 3 aromatic rings. The van der Waals surface area contributed by atoms with Crippen LogP contribution in [0.2, 0.25) is 10.0 Å². The van der Waals surface area contributed by atoms with Gasteiger partial charge in [-0.3, -0.25) is 9.59 Å². The van der Waals surface area contributed by atoms with E-state index in [0.29, 0.717) is 34.1 Å². The van der Waals surface area contributed by atoms with Crippen molar-refractivity contribution in [2.24, 2.45) is 0 Å². The molecule has 32 heavy (non-hydrogen) atoms. The summed E-state index contributed by atoms with van der Waals surface area (Å²) in [4.78, 5) is 30.2. The first-order valence-electron chi connectivity index (χ1n) is 9.90. The first-order chi connectivity index (χ1) is 15.4. The van der Waals surface area contributed by atoms with Crippen molar-refractivity contribution in [2.75, 3.05) is 25.5 Å². The van der Waals surface area contributed by atoms with Gasteiger partial charge in [0.2, 0.25) is 23.5 Å². The van der Waals surface area contributed by atoms with E-state index in [1.807, 2.05) is 31.2 Å². The highest BCUT2D eigenvalue weighted by atomic mass is 35.5. The highest BCUT2D eigenvalue weighted by molar-refractivity contribution is 6.42. The van der Waals surface area contributed by atoms with Gasteiger partial charge in [-0.25, -0.2) is 0 Å². The maximum absolute atomic E-state index is 12.4. The molecule has 0 unspecified atom stereocenters. The number of nitrogens with zero attached hydrogens (tertiary/aromatic N) is 3. The van der Waals surface area contributed by atoms with Crippen LogP contribution in [0.25, 0.3) is 11.4 Å². The summed E-state index contributed by atoms with van der Waals surface area (Å²) >= 11 is 11.8. The summed E-state index contributed by atoms with van der Waals surface area (Å²) in [5.74, 6) is 0.961. The number of aromatic nitrogens is 2. The van der Waals surface area contributed by atoms with Crippen molar-refractivity contribution in [3.63, 3.8) is 0 Å². The zero-order valence-electron chi connectivity index (χ0n) is 17.6. The van der Waals surface area contributed by atoms with E-state index in [1.54, 1.807) is 25.2 Å². The Morgan fingerprint density at radius 1 is 1.12 bits per heavy atom. The number of ether oxygens (including phenoxy) is 1. The third-order valence-corrected chi connectivity index (χ3v) is 5.19. The standard InChI is InChI=1S/C22H22Cl2N4O4/c1-3-31-16-7-4-14(5-8-16)22-26-20(32-27-22)10-11-21(30)28(2)13-19(29)25-15-6-9-17(23)18(24)12-15/h4-9,12H,3,10-11,13H2,1-2H3,(H,25,29). The highest BCUT2D eigenvalue weighted by Crippen LogP contribution is 2.25. The van der Waals surface area contributed by atoms with Gasteiger partial charge >= 0.3 is 0 Å². The second-order valence-corrected chi connectivity index (χ2v) is 7.71. The van der Waals surface area contributed by atoms with E-state index in [-0.39, 0.29) is 31.2 Å². The summed E-state index contributed by atoms with van der Waals surface area (Å²) in [7, 11) is 1.55. The fraction of sp³-hybridized carbons (Fsp3) is 0.273. The number of benzene rings is 2. The smallest absolute Gasteiger partial charge is 0.243 e. The second-order valence-electron chi connectivity index (χ2n) is 6.90. The molecule has 0 bridgehead atoms. The van der Waals surface area contributed by atoms with Gasteiger partial charge in [-0.15, -0.1) is 0 Å². The minimum Gasteiger partial charge on any atom is -0.494 e. The quantitative estimate of drug-likeness (QED) is 0.489. The third kappa shape index (κ3) is 6.45. The van der Waals surface area contributed by atoms with Crippen molar-refractivity contribution >= 4 is 40.7 Å². The lowest BCUT2D eigenvalue weighted by Crippen LogP contribution is -2.35. The van der Waals surface area contributed by atoms with Crippen LogP contribution in [-0.4, -0.2) is 47.1 Å². The first-order valence-corrected chi connectivity index (χ1v) is 10.7. The molecule has 1 N–H and O–H groups in total. The number of carbonyl (C=O) groups is 2. The van der Waals surface area contributed by atoms with Crippen LogP contribution in [-0.2, 0) is 16.0 Å². The van der Waals surface area contributed by atoms with Gasteiger partial charge in [0.15, 0.2) is 0 Å². The van der Waals surface area contributed by atoms with E-state index in [2.05, 4.69) is 15.5 Å². The normalized spacial score (nSPS) is 10.6. The minimum absolute atomic E-state index is 0.111. The number of rotatable bonds is 9. The van der Waals surface area contributed by atoms with Crippen molar-refractivity contribution in [1.82, 2.24) is 15.0 Å². The summed E-state index contributed by atoms with van der Waals surface area (Å²) in [5.41, 5.74) is 1.28. The Bertz CT molecular complexity index is 1090. The van der Waals surface area contributed by atoms with E-state index in [4.69, 9.17) is 32.5 Å². The molecular weight excluding hydrogens is 455 g/mol. The molecule has 0 aliphatic heterocycles. The van der Waals surface area contributed by atoms with Crippen LogP contribution in [0.5, 0.6) is 5.75 Å². The number of aryl methyl sites for hydroxylation is 1. The molecule has 2 aromatic carbocycles. The van der Waals surface area contributed by atoms with Crippen LogP contribution in [0, 0.1) is 0 Å². The van der Waals surface area contributed by atoms with Gasteiger partial charge in [0.05, 0.1) is 23.2 Å². The van der Waals surface area contributed by atoms with Gasteiger partial charge in [0.25, 0.3) is 0 Å². The average molecular weight is 477 g/mol. The van der Waals surface area contributed by atoms with Crippen LogP contribution in [0.1, 0.15) is 19.2 Å². The Morgan fingerprint density at radius 3 is 2.56 bits per heavy atom. The number of likely N-dealkylation sites (N-methyl/N-ethyl adjacent to an activating group) is 1. The molecule has 0 fully saturated rings. The molecule has 8 nitrogen and oxygen atoms in total. The molecule has 0 saturated heterocycles. The lowest BCUT2D eigenvalue weighted by molar-refractivity contribution is -0.133. The van der Waals surface area contributed by atoms with Crippen LogP contribution < -0.4 is 10.1 Å². The Balaban J connectivity index is 1.48. The predicted molar refractivity (Wildman–Crippen MR) is 122 cm³/mol. The van der Waals surface area contributed by atoms with E-state index in [0.717, 1.165) is 11.3 Å². The molecule has 1 aromatic heterocycles. The maximum Gasteiger partial charge on any atom is 0.243 e. The van der Waals surface area contributed by atoms with Gasteiger partial charge in [0.1, 0.15) is 5.75 Å². The Kier molecular flexibility index (Phi) is 8.08. The number of nitrogens with one attached hydrogen (secondary N) is 1. The number of hydrogen-bond donors (Lipinski definition) is 1. The number of hydrogen-bond acceptors (Lipinski definition) is 6. The van der Waals surface area contributed by atoms with E-state index in [1.165, 1.54) is 4.90 Å². The molecule has 1 heterocycles. The van der Waals surface area contributed by atoms with Gasteiger partial charge in [-0.2, -0.15) is 4.98 Å². The highest BCUT2D eigenvalue weighted by Gasteiger charge is 2.16. The summed E-state index contributed by atoms with van der Waals surface area (Å²) in [5, 5.41) is 7.36. The number of carbonyl (C=O) groups excluding carboxylic acids is 2. The van der Waals surface area contributed by atoms with E-state index in [9.17, 15) is 9.59 Å². The van der Waals surface area contributed by atoms with Gasteiger partial charge in [0, 0.05) is 31.1 Å². The fourth-order valence-corrected chi connectivity index (χ4v) is 3.12. The molecule has 0 spiro atoms. The topological polar surface area (TPSA) is 97.6 Å². The van der Waals surface area contributed by atoms with Crippen molar-refractivity contribution in [3.05, 3.63) is 58.4 Å². The van der Waals surface area contributed by atoms with Crippen LogP contribution in [0.4, 0.5) is 5.69 Å². The predicted octanol–water partition coefficient (Wildman–Crippen LogP) is 4.47. The molecule has 0 atom stereocenters. The zero-order valence-corrected chi connectivity index (χ0v) is 19.1. The minimum atomic E-state index is -0.352. The summed E-state index contributed by atoms with van der Waals surface area (Å²) in [6.45, 7) is 2.39. The molecule has 168 valence electrons. The van der Waals surface area contributed by atoms with Crippen molar-refractivity contribution in [3.8, 4) is 17.1 Å². The van der Waals surface area contributed by atoms with Crippen LogP contribution >= 0.6 is 23.2 Å². The van der Waals surface area contributed by atoms with E-state index < -0.39 is 0 Å². The molecule has 0 aliphatic rings. The average Bonchev–Trinajstić information content (AvgIpc) is 3.24. The van der Waals surface area contributed by atoms with Crippen LogP contribution in [0.3, 0.4) is 0 Å². The van der Waals surface area contributed by atoms with E-state index >= 15 is 0 Å². The van der Waals surface area contributed by atoms with Crippen molar-refractivity contribution < 1.29 is 18.8 Å². The van der Waals surface area contributed by atoms with Crippen molar-refractivity contribution in [1.29, 1.82) is 0 Å². The zero-order chi connectivity index (χ0) is 23.1. The first kappa shape index (κ1) is 23.6. The number of anilines is 1. The fourth-order valence-electron chi connectivity index (χ4n) is 2.82. The summed E-state index contributed by atoms with van der Waals surface area (Å²) in [6, 6.07) is 12.1. The Hall–Kier alpha value is -3.10. The molecule has 0 aliphatic carbocycles. The van der Waals surface area contributed by atoms with Crippen molar-refractivity contribution in [2.45, 2.75) is 19.8 Å². The number of amides is 2. The largest absolute Gasteiger partial charge is 0.494 e. The third-order valence-electron chi connectivity index (χ3n) is 4.45. The molecular formula is C22H22Cl2N4O4. The molecule has 3 rings (SSSR count). The maximum atomic E-state index is 12.4. The second kappa shape index (κ2) is 11.0. The lowest BCUT2D eigenvalue weighted by Gasteiger charge is -2.16. The molecule has 10 heteroatoms. The lowest BCUT2D eigenvalue weighted by atomic mass is 10.2. The van der Waals surface area contributed by atoms with Gasteiger partial charge in [-0.1, -0.05) is 28.4 Å². The molecule has 2 amide bonds. The molecule has 0 radical (unpaired) electrons. The number of halogens is 2. The molecule has 0 saturated carbocycles. The van der Waals surface area contributed by atoms with Gasteiger partial charge in [-0.05, 0) is 49.4 Å². The summed E-state index contributed by atoms with van der Waals surface area (Å²) < 4.78 is 10.7.